The molecule has 0 saturated carbocycles. The molecule has 2 aromatic carbocycles. The average molecular weight is 493 g/mol. The van der Waals surface area contributed by atoms with Crippen LogP contribution in [0.25, 0.3) is 0 Å². The summed E-state index contributed by atoms with van der Waals surface area (Å²) in [5.41, 5.74) is 0. The molecular weight excluding hydrogens is 454 g/mol. The van der Waals surface area contributed by atoms with Crippen LogP contribution in [0.2, 0.25) is 0 Å². The number of benzene rings is 2. The van der Waals surface area contributed by atoms with E-state index in [2.05, 4.69) is 123 Å². The zero-order chi connectivity index (χ0) is 21.4. The number of hydrogen-bond donors (Lipinski definition) is 0. The van der Waals surface area contributed by atoms with Gasteiger partial charge in [0, 0.05) is 0 Å². The summed E-state index contributed by atoms with van der Waals surface area (Å²) < 4.78 is 2.99. The molecule has 28 heavy (non-hydrogen) atoms. The summed E-state index contributed by atoms with van der Waals surface area (Å²) in [6.45, 7) is 21.6. The molecule has 0 amide bonds. The van der Waals surface area contributed by atoms with Gasteiger partial charge in [-0.05, 0) is 15.5 Å². The summed E-state index contributed by atoms with van der Waals surface area (Å²) in [6.07, 6.45) is 0. The van der Waals surface area contributed by atoms with E-state index in [0.717, 1.165) is 16.5 Å². The molecule has 0 spiro atoms. The standard InChI is InChI=1S/C12H10Ge.C12H29P3/c1-3-7-11(8-4-1)13-12-9-5-2-6-10-12;1-10(2,3)13-15(12(7,8)9)14-11(4,5)6/h1-10H;13-14H,1-9H3. The Labute approximate surface area is 186 Å². The fraction of sp³-hybridized carbons (Fsp3) is 0.500. The van der Waals surface area contributed by atoms with Gasteiger partial charge in [0.25, 0.3) is 0 Å². The molecule has 0 aliphatic rings. The van der Waals surface area contributed by atoms with Gasteiger partial charge in [0.15, 0.2) is 0 Å². The van der Waals surface area contributed by atoms with Gasteiger partial charge in [0.05, 0.1) is 0 Å². The van der Waals surface area contributed by atoms with Crippen LogP contribution in [0, 0.1) is 0 Å². The second kappa shape index (κ2) is 11.6. The molecule has 2 rings (SSSR count). The maximum absolute atomic E-state index is 2.43. The van der Waals surface area contributed by atoms with Gasteiger partial charge >= 0.3 is 84.9 Å². The van der Waals surface area contributed by atoms with Gasteiger partial charge in [0.2, 0.25) is 0 Å². The van der Waals surface area contributed by atoms with Gasteiger partial charge in [0.1, 0.15) is 0 Å². The summed E-state index contributed by atoms with van der Waals surface area (Å²) in [5, 5.41) is 1.54. The van der Waals surface area contributed by atoms with Crippen LogP contribution in [-0.2, 0) is 0 Å². The van der Waals surface area contributed by atoms with E-state index in [9.17, 15) is 0 Å². The Hall–Kier alpha value is 0.273. The monoisotopic (exact) mass is 494 g/mol. The van der Waals surface area contributed by atoms with E-state index < -0.39 is 0 Å². The van der Waals surface area contributed by atoms with Gasteiger partial charge in [-0.3, -0.25) is 0 Å². The van der Waals surface area contributed by atoms with Gasteiger partial charge in [-0.15, -0.1) is 0 Å². The van der Waals surface area contributed by atoms with Crippen LogP contribution in [0.3, 0.4) is 0 Å². The summed E-state index contributed by atoms with van der Waals surface area (Å²) >= 11 is -0.108. The van der Waals surface area contributed by atoms with Crippen LogP contribution in [-0.4, -0.2) is 30.9 Å². The Morgan fingerprint density at radius 3 is 1.14 bits per heavy atom. The topological polar surface area (TPSA) is 0 Å². The van der Waals surface area contributed by atoms with Crippen molar-refractivity contribution in [3.63, 3.8) is 0 Å². The van der Waals surface area contributed by atoms with Crippen molar-refractivity contribution in [1.29, 1.82) is 0 Å². The van der Waals surface area contributed by atoms with Crippen LogP contribution < -0.4 is 8.79 Å². The molecule has 154 valence electrons. The van der Waals surface area contributed by atoms with E-state index in [1.165, 1.54) is 8.79 Å². The number of rotatable bonds is 4. The average Bonchev–Trinajstić information content (AvgIpc) is 2.53. The van der Waals surface area contributed by atoms with Crippen molar-refractivity contribution < 1.29 is 0 Å². The van der Waals surface area contributed by atoms with Crippen molar-refractivity contribution in [3.05, 3.63) is 60.7 Å². The van der Waals surface area contributed by atoms with Crippen molar-refractivity contribution in [2.75, 3.05) is 0 Å². The van der Waals surface area contributed by atoms with Gasteiger partial charge in [-0.2, -0.15) is 0 Å². The number of hydrogen-bond acceptors (Lipinski definition) is 0. The zero-order valence-electron chi connectivity index (χ0n) is 19.2. The van der Waals surface area contributed by atoms with E-state index in [1.807, 2.05) is 0 Å². The first-order valence-electron chi connectivity index (χ1n) is 9.99. The van der Waals surface area contributed by atoms with Crippen LogP contribution in [0.5, 0.6) is 0 Å². The maximum atomic E-state index is 2.43. The van der Waals surface area contributed by atoms with E-state index in [4.69, 9.17) is 0 Å². The molecule has 0 fully saturated rings. The third-order valence-corrected chi connectivity index (χ3v) is 20.5. The Balaban J connectivity index is 0.000000281. The summed E-state index contributed by atoms with van der Waals surface area (Å²) in [6, 6.07) is 21.5. The van der Waals surface area contributed by atoms with E-state index >= 15 is 0 Å². The zero-order valence-corrected chi connectivity index (χ0v) is 24.2. The Kier molecular flexibility index (Phi) is 10.9. The van der Waals surface area contributed by atoms with Crippen LogP contribution in [0.1, 0.15) is 62.3 Å². The molecule has 0 aliphatic heterocycles. The normalized spacial score (nSPS) is 14.3. The first-order chi connectivity index (χ1) is 12.8. The summed E-state index contributed by atoms with van der Waals surface area (Å²) in [5.74, 6) is 0. The third-order valence-electron chi connectivity index (χ3n) is 3.40. The molecule has 0 N–H and O–H groups in total. The van der Waals surface area contributed by atoms with E-state index in [-0.39, 0.29) is 22.7 Å². The fourth-order valence-electron chi connectivity index (χ4n) is 2.24. The van der Waals surface area contributed by atoms with E-state index in [1.54, 1.807) is 0 Å². The van der Waals surface area contributed by atoms with Crippen LogP contribution in [0.4, 0.5) is 0 Å². The second-order valence-corrected chi connectivity index (χ2v) is 23.9. The second-order valence-electron chi connectivity index (χ2n) is 10.1. The van der Waals surface area contributed by atoms with E-state index in [0.29, 0.717) is 15.5 Å². The van der Waals surface area contributed by atoms with Gasteiger partial charge < -0.3 is 0 Å². The summed E-state index contributed by atoms with van der Waals surface area (Å²) in [7, 11) is 2.45. The molecule has 2 unspecified atom stereocenters. The Morgan fingerprint density at radius 2 is 0.893 bits per heavy atom. The van der Waals surface area contributed by atoms with Crippen molar-refractivity contribution in [2.45, 2.75) is 77.8 Å². The summed E-state index contributed by atoms with van der Waals surface area (Å²) in [4.78, 5) is 0. The minimum absolute atomic E-state index is 0.108. The fourth-order valence-corrected chi connectivity index (χ4v) is 19.3. The molecule has 2 atom stereocenters. The molecule has 0 aromatic heterocycles. The van der Waals surface area contributed by atoms with Gasteiger partial charge in [-0.25, -0.2) is 0 Å². The molecule has 0 saturated heterocycles. The SMILES string of the molecule is CC(C)(C)PP(PC(C)(C)C)C(C)(C)C.c1cc[c]([Ge][c]2ccccc2)cc1. The predicted octanol–water partition coefficient (Wildman–Crippen LogP) is 7.39. The molecular formula is C24H39GeP3. The minimum atomic E-state index is -0.108. The molecule has 0 bridgehead atoms. The van der Waals surface area contributed by atoms with Crippen molar-refractivity contribution in [2.24, 2.45) is 0 Å². The molecule has 0 nitrogen and oxygen atoms in total. The molecule has 0 heterocycles. The third kappa shape index (κ3) is 12.8. The van der Waals surface area contributed by atoms with Crippen molar-refractivity contribution in [3.8, 4) is 0 Å². The molecule has 2 radical (unpaired) electrons. The first-order valence-corrected chi connectivity index (χ1v) is 17.1. The van der Waals surface area contributed by atoms with Crippen LogP contribution in [0.15, 0.2) is 60.7 Å². The Morgan fingerprint density at radius 1 is 0.571 bits per heavy atom. The molecule has 0 aliphatic carbocycles. The predicted molar refractivity (Wildman–Crippen MR) is 141 cm³/mol. The quantitative estimate of drug-likeness (QED) is 0.308. The van der Waals surface area contributed by atoms with Crippen molar-refractivity contribution >= 4 is 48.1 Å². The Bertz CT molecular complexity index is 611. The molecule has 4 heteroatoms. The van der Waals surface area contributed by atoms with Gasteiger partial charge in [-0.1, -0.05) is 86.2 Å². The molecule has 2 aromatic rings. The van der Waals surface area contributed by atoms with Crippen molar-refractivity contribution in [1.82, 2.24) is 0 Å². The first kappa shape index (κ1) is 26.3. The van der Waals surface area contributed by atoms with Crippen LogP contribution >= 0.6 is 23.8 Å².